The highest BCUT2D eigenvalue weighted by Crippen LogP contribution is 2.30. The number of anilines is 1. The van der Waals surface area contributed by atoms with Crippen molar-refractivity contribution >= 4 is 28.6 Å². The molecule has 0 radical (unpaired) electrons. The van der Waals surface area contributed by atoms with Crippen LogP contribution in [0.4, 0.5) is 5.69 Å². The maximum absolute atomic E-state index is 12.6. The summed E-state index contributed by atoms with van der Waals surface area (Å²) in [6.45, 7) is 6.84. The molecule has 0 aliphatic carbocycles. The van der Waals surface area contributed by atoms with Gasteiger partial charge in [0.15, 0.2) is 0 Å². The first kappa shape index (κ1) is 19.7. The molecule has 1 aliphatic heterocycles. The zero-order valence-electron chi connectivity index (χ0n) is 16.4. The Kier molecular flexibility index (Phi) is 5.83. The van der Waals surface area contributed by atoms with Gasteiger partial charge in [-0.3, -0.25) is 4.79 Å². The summed E-state index contributed by atoms with van der Waals surface area (Å²) in [4.78, 5) is 33.8. The smallest absolute Gasteiger partial charge is 0.342 e. The fraction of sp³-hybridized carbons (Fsp3) is 0.500. The van der Waals surface area contributed by atoms with Gasteiger partial charge >= 0.3 is 5.97 Å². The predicted molar refractivity (Wildman–Crippen MR) is 105 cm³/mol. The summed E-state index contributed by atoms with van der Waals surface area (Å²) in [6, 6.07) is 3.73. The van der Waals surface area contributed by atoms with Crippen LogP contribution in [-0.2, 0) is 9.53 Å². The van der Waals surface area contributed by atoms with Gasteiger partial charge in [-0.15, -0.1) is 0 Å². The molecule has 2 N–H and O–H groups in total. The number of hydrogen-bond acceptors (Lipinski definition) is 6. The molecule has 28 heavy (non-hydrogen) atoms. The SMILES string of the molecule is CC(C)OC(=O)c1cnc2[nH]ccc2c1NC1CN(C(=O)CC#N)CCC1C. The van der Waals surface area contributed by atoms with Gasteiger partial charge in [0, 0.05) is 36.9 Å². The second-order valence-electron chi connectivity index (χ2n) is 7.43. The van der Waals surface area contributed by atoms with E-state index in [1.807, 2.05) is 12.1 Å². The first-order valence-corrected chi connectivity index (χ1v) is 9.49. The molecule has 1 aliphatic rings. The van der Waals surface area contributed by atoms with Gasteiger partial charge in [0.05, 0.1) is 17.9 Å². The summed E-state index contributed by atoms with van der Waals surface area (Å²) in [5.41, 5.74) is 1.70. The van der Waals surface area contributed by atoms with Crippen LogP contribution < -0.4 is 5.32 Å². The molecule has 0 bridgehead atoms. The lowest BCUT2D eigenvalue weighted by molar-refractivity contribution is -0.131. The molecule has 0 spiro atoms. The minimum atomic E-state index is -0.436. The number of nitriles is 1. The van der Waals surface area contributed by atoms with E-state index in [2.05, 4.69) is 22.2 Å². The largest absolute Gasteiger partial charge is 0.459 e. The number of esters is 1. The molecule has 2 aromatic heterocycles. The van der Waals surface area contributed by atoms with Crippen LogP contribution in [0.1, 0.15) is 44.0 Å². The molecule has 1 saturated heterocycles. The number of rotatable bonds is 5. The molecule has 1 fully saturated rings. The number of ether oxygens (including phenoxy) is 1. The van der Waals surface area contributed by atoms with Gasteiger partial charge in [-0.05, 0) is 32.3 Å². The molecule has 8 heteroatoms. The number of likely N-dealkylation sites (tertiary alicyclic amines) is 1. The number of H-pyrrole nitrogens is 1. The van der Waals surface area contributed by atoms with Crippen LogP contribution >= 0.6 is 0 Å². The highest BCUT2D eigenvalue weighted by Gasteiger charge is 2.30. The Morgan fingerprint density at radius 1 is 1.50 bits per heavy atom. The summed E-state index contributed by atoms with van der Waals surface area (Å²) in [5.74, 6) is -0.307. The van der Waals surface area contributed by atoms with Crippen LogP contribution in [-0.4, -0.2) is 52.0 Å². The van der Waals surface area contributed by atoms with Crippen LogP contribution in [0.15, 0.2) is 18.5 Å². The monoisotopic (exact) mass is 383 g/mol. The van der Waals surface area contributed by atoms with Crippen molar-refractivity contribution < 1.29 is 14.3 Å². The molecule has 2 atom stereocenters. The maximum atomic E-state index is 12.6. The van der Waals surface area contributed by atoms with E-state index in [0.717, 1.165) is 11.8 Å². The van der Waals surface area contributed by atoms with E-state index in [-0.39, 0.29) is 24.5 Å². The van der Waals surface area contributed by atoms with Crippen molar-refractivity contribution in [1.82, 2.24) is 14.9 Å². The number of pyridine rings is 1. The van der Waals surface area contributed by atoms with E-state index >= 15 is 0 Å². The van der Waals surface area contributed by atoms with Gasteiger partial charge in [-0.1, -0.05) is 6.92 Å². The number of piperidine rings is 1. The van der Waals surface area contributed by atoms with Crippen LogP contribution in [0.2, 0.25) is 0 Å². The van der Waals surface area contributed by atoms with E-state index in [0.29, 0.717) is 35.9 Å². The minimum Gasteiger partial charge on any atom is -0.459 e. The number of aromatic nitrogens is 2. The molecule has 2 aromatic rings. The van der Waals surface area contributed by atoms with Crippen LogP contribution in [0.3, 0.4) is 0 Å². The molecule has 1 amide bonds. The summed E-state index contributed by atoms with van der Waals surface area (Å²) in [7, 11) is 0. The first-order chi connectivity index (χ1) is 13.4. The molecule has 148 valence electrons. The van der Waals surface area contributed by atoms with E-state index in [1.54, 1.807) is 24.9 Å². The Balaban J connectivity index is 1.91. The fourth-order valence-electron chi connectivity index (χ4n) is 3.44. The number of aromatic amines is 1. The standard InChI is InChI=1S/C20H25N5O3/c1-12(2)28-20(27)15-10-23-19-14(5-8-22-19)18(15)24-16-11-25(9-6-13(16)3)17(26)4-7-21/h5,8,10,12-13,16H,4,6,9,11H2,1-3H3,(H2,22,23,24). The third kappa shape index (κ3) is 4.09. The van der Waals surface area contributed by atoms with Crippen molar-refractivity contribution in [1.29, 1.82) is 5.26 Å². The van der Waals surface area contributed by atoms with Gasteiger partial charge in [-0.25, -0.2) is 9.78 Å². The number of carbonyl (C=O) groups excluding carboxylic acids is 2. The lowest BCUT2D eigenvalue weighted by atomic mass is 9.92. The van der Waals surface area contributed by atoms with Crippen molar-refractivity contribution in [3.63, 3.8) is 0 Å². The van der Waals surface area contributed by atoms with Gasteiger partial charge in [-0.2, -0.15) is 5.26 Å². The molecule has 8 nitrogen and oxygen atoms in total. The molecule has 3 rings (SSSR count). The first-order valence-electron chi connectivity index (χ1n) is 9.49. The van der Waals surface area contributed by atoms with Crippen molar-refractivity contribution in [2.24, 2.45) is 5.92 Å². The molecule has 0 aromatic carbocycles. The van der Waals surface area contributed by atoms with Crippen LogP contribution in [0.5, 0.6) is 0 Å². The normalized spacial score (nSPS) is 19.5. The van der Waals surface area contributed by atoms with Crippen molar-refractivity contribution in [3.8, 4) is 6.07 Å². The Hall–Kier alpha value is -3.08. The lowest BCUT2D eigenvalue weighted by Crippen LogP contribution is -2.49. The van der Waals surface area contributed by atoms with Gasteiger partial charge in [0.1, 0.15) is 17.6 Å². The Morgan fingerprint density at radius 2 is 2.29 bits per heavy atom. The van der Waals surface area contributed by atoms with E-state index in [9.17, 15) is 9.59 Å². The molecule has 2 unspecified atom stereocenters. The summed E-state index contributed by atoms with van der Waals surface area (Å²) in [6.07, 6.45) is 3.74. The number of carbonyl (C=O) groups is 2. The summed E-state index contributed by atoms with van der Waals surface area (Å²) in [5, 5.41) is 13.1. The highest BCUT2D eigenvalue weighted by atomic mass is 16.5. The van der Waals surface area contributed by atoms with Crippen molar-refractivity contribution in [2.45, 2.75) is 45.8 Å². The van der Waals surface area contributed by atoms with Gasteiger partial charge in [0.25, 0.3) is 0 Å². The Bertz CT molecular complexity index is 914. The van der Waals surface area contributed by atoms with E-state index in [1.165, 1.54) is 6.20 Å². The number of nitrogens with zero attached hydrogens (tertiary/aromatic N) is 3. The average molecular weight is 383 g/mol. The van der Waals surface area contributed by atoms with Crippen molar-refractivity contribution in [3.05, 3.63) is 24.0 Å². The molecular formula is C20H25N5O3. The third-order valence-electron chi connectivity index (χ3n) is 5.02. The summed E-state index contributed by atoms with van der Waals surface area (Å²) < 4.78 is 5.38. The second-order valence-corrected chi connectivity index (χ2v) is 7.43. The average Bonchev–Trinajstić information content (AvgIpc) is 3.12. The zero-order valence-corrected chi connectivity index (χ0v) is 16.4. The molecular weight excluding hydrogens is 358 g/mol. The molecule has 3 heterocycles. The van der Waals surface area contributed by atoms with Crippen molar-refractivity contribution in [2.75, 3.05) is 18.4 Å². The number of nitrogens with one attached hydrogen (secondary N) is 2. The quantitative estimate of drug-likeness (QED) is 0.768. The second kappa shape index (κ2) is 8.30. The predicted octanol–water partition coefficient (Wildman–Crippen LogP) is 2.69. The highest BCUT2D eigenvalue weighted by molar-refractivity contribution is 6.04. The number of fused-ring (bicyclic) bond motifs is 1. The van der Waals surface area contributed by atoms with E-state index in [4.69, 9.17) is 10.00 Å². The maximum Gasteiger partial charge on any atom is 0.342 e. The third-order valence-corrected chi connectivity index (χ3v) is 5.02. The number of hydrogen-bond donors (Lipinski definition) is 2. The van der Waals surface area contributed by atoms with Crippen LogP contribution in [0, 0.1) is 17.2 Å². The minimum absolute atomic E-state index is 0.0532. The zero-order chi connectivity index (χ0) is 20.3. The van der Waals surface area contributed by atoms with Gasteiger partial charge < -0.3 is 19.9 Å². The number of amides is 1. The molecule has 0 saturated carbocycles. The topological polar surface area (TPSA) is 111 Å². The Labute approximate surface area is 163 Å². The Morgan fingerprint density at radius 3 is 3.00 bits per heavy atom. The fourth-order valence-corrected chi connectivity index (χ4v) is 3.44. The van der Waals surface area contributed by atoms with Crippen LogP contribution in [0.25, 0.3) is 11.0 Å². The lowest BCUT2D eigenvalue weighted by Gasteiger charge is -2.38. The van der Waals surface area contributed by atoms with Gasteiger partial charge in [0.2, 0.25) is 5.91 Å². The van der Waals surface area contributed by atoms with E-state index < -0.39 is 5.97 Å². The summed E-state index contributed by atoms with van der Waals surface area (Å²) >= 11 is 0.